The van der Waals surface area contributed by atoms with Crippen LogP contribution in [0.4, 0.5) is 0 Å². The van der Waals surface area contributed by atoms with Crippen LogP contribution in [0.2, 0.25) is 5.02 Å². The minimum absolute atomic E-state index is 0.0180. The molecule has 3 heterocycles. The van der Waals surface area contributed by atoms with Gasteiger partial charge in [-0.1, -0.05) is 48.0 Å². The number of nitrogens with zero attached hydrogens (tertiary/aromatic N) is 3. The molecule has 0 bridgehead atoms. The number of halogens is 1. The van der Waals surface area contributed by atoms with E-state index in [0.29, 0.717) is 17.1 Å². The molecule has 206 valence electrons. The summed E-state index contributed by atoms with van der Waals surface area (Å²) >= 11 is 6.53. The first kappa shape index (κ1) is 26.6. The van der Waals surface area contributed by atoms with Crippen molar-refractivity contribution < 1.29 is 14.6 Å². The Kier molecular flexibility index (Phi) is 7.41. The van der Waals surface area contributed by atoms with Gasteiger partial charge in [0.1, 0.15) is 5.75 Å². The molecule has 4 aromatic rings. The number of amides is 1. The number of hydrogen-bond donors (Lipinski definition) is 1. The molecular formula is C33H34ClN3O3. The number of rotatable bonds is 5. The van der Waals surface area contributed by atoms with Gasteiger partial charge in [0, 0.05) is 72.4 Å². The maximum Gasteiger partial charge on any atom is 0.255 e. The van der Waals surface area contributed by atoms with Crippen molar-refractivity contribution in [3.8, 4) is 28.1 Å². The molecule has 40 heavy (non-hydrogen) atoms. The van der Waals surface area contributed by atoms with Crippen molar-refractivity contribution in [2.45, 2.75) is 25.9 Å². The van der Waals surface area contributed by atoms with Crippen molar-refractivity contribution in [2.75, 3.05) is 32.8 Å². The summed E-state index contributed by atoms with van der Waals surface area (Å²) < 4.78 is 7.69. The van der Waals surface area contributed by atoms with E-state index in [-0.39, 0.29) is 17.7 Å². The minimum atomic E-state index is 0.0180. The van der Waals surface area contributed by atoms with Crippen LogP contribution in [-0.4, -0.2) is 64.3 Å². The number of morpholine rings is 1. The van der Waals surface area contributed by atoms with Crippen molar-refractivity contribution in [1.29, 1.82) is 0 Å². The highest BCUT2D eigenvalue weighted by molar-refractivity contribution is 6.31. The van der Waals surface area contributed by atoms with Gasteiger partial charge >= 0.3 is 0 Å². The smallest absolute Gasteiger partial charge is 0.255 e. The fraction of sp³-hybridized carbons (Fsp3) is 0.303. The predicted octanol–water partition coefficient (Wildman–Crippen LogP) is 5.93. The summed E-state index contributed by atoms with van der Waals surface area (Å²) in [5, 5.41) is 10.4. The lowest BCUT2D eigenvalue weighted by Crippen LogP contribution is -2.52. The molecule has 6 nitrogen and oxygen atoms in total. The van der Waals surface area contributed by atoms with Crippen molar-refractivity contribution in [3.63, 3.8) is 0 Å². The molecule has 1 saturated heterocycles. The van der Waals surface area contributed by atoms with Crippen LogP contribution in [0.1, 0.15) is 27.2 Å². The lowest BCUT2D eigenvalue weighted by molar-refractivity contribution is 0.0193. The summed E-state index contributed by atoms with van der Waals surface area (Å²) in [6.07, 6.45) is 0.830. The van der Waals surface area contributed by atoms with Gasteiger partial charge in [-0.3, -0.25) is 9.69 Å². The summed E-state index contributed by atoms with van der Waals surface area (Å²) in [7, 11) is 2.02. The number of phenolic OH excluding ortho intramolecular Hbond substituents is 1. The summed E-state index contributed by atoms with van der Waals surface area (Å²) in [6.45, 7) is 6.70. The fourth-order valence-corrected chi connectivity index (χ4v) is 6.20. The minimum Gasteiger partial charge on any atom is -0.508 e. The molecule has 1 amide bonds. The molecular weight excluding hydrogens is 522 g/mol. The molecule has 0 spiro atoms. The van der Waals surface area contributed by atoms with Gasteiger partial charge in [-0.2, -0.15) is 0 Å². The van der Waals surface area contributed by atoms with E-state index in [1.54, 1.807) is 12.1 Å². The second kappa shape index (κ2) is 11.1. The van der Waals surface area contributed by atoms with Gasteiger partial charge in [0.2, 0.25) is 0 Å². The van der Waals surface area contributed by atoms with Gasteiger partial charge in [-0.25, -0.2) is 0 Å². The maximum atomic E-state index is 14.5. The summed E-state index contributed by atoms with van der Waals surface area (Å²) in [4.78, 5) is 18.9. The van der Waals surface area contributed by atoms with E-state index in [1.807, 2.05) is 37.4 Å². The first-order chi connectivity index (χ1) is 19.4. The third-order valence-corrected chi connectivity index (χ3v) is 8.63. The number of carbonyl (C=O) groups excluding carboxylic acids is 1. The van der Waals surface area contributed by atoms with E-state index in [4.69, 9.17) is 16.3 Å². The summed E-state index contributed by atoms with van der Waals surface area (Å²) in [6, 6.07) is 23.4. The van der Waals surface area contributed by atoms with Crippen molar-refractivity contribution >= 4 is 17.5 Å². The van der Waals surface area contributed by atoms with Crippen LogP contribution in [0.25, 0.3) is 22.4 Å². The highest BCUT2D eigenvalue weighted by Gasteiger charge is 2.33. The van der Waals surface area contributed by atoms with Gasteiger partial charge in [-0.15, -0.1) is 0 Å². The Bertz CT molecular complexity index is 1540. The van der Waals surface area contributed by atoms with E-state index in [2.05, 4.69) is 51.6 Å². The number of aromatic hydroxyl groups is 1. The molecule has 0 aliphatic carbocycles. The van der Waals surface area contributed by atoms with E-state index < -0.39 is 0 Å². The monoisotopic (exact) mass is 555 g/mol. The molecule has 0 radical (unpaired) electrons. The van der Waals surface area contributed by atoms with E-state index in [0.717, 1.165) is 67.3 Å². The average molecular weight is 556 g/mol. The Morgan fingerprint density at radius 3 is 2.45 bits per heavy atom. The first-order valence-corrected chi connectivity index (χ1v) is 14.2. The molecule has 1 fully saturated rings. The lowest BCUT2D eigenvalue weighted by atomic mass is 9.92. The third kappa shape index (κ3) is 5.15. The van der Waals surface area contributed by atoms with E-state index in [9.17, 15) is 9.90 Å². The zero-order chi connectivity index (χ0) is 27.8. The number of carbonyl (C=O) groups is 1. The number of aromatic nitrogens is 1. The number of fused-ring (bicyclic) bond motifs is 1. The van der Waals surface area contributed by atoms with E-state index >= 15 is 0 Å². The van der Waals surface area contributed by atoms with Crippen LogP contribution in [-0.2, 0) is 24.8 Å². The first-order valence-electron chi connectivity index (χ1n) is 13.8. The number of ether oxygens (including phenoxy) is 1. The standard InChI is InChI=1S/C33H34ClN3O3/c1-22-30(23-7-10-28(38)11-8-23)19-32(35(22)2)31-18-26(34)9-12-29(31)33(39)37-20-25-6-4-3-5-24(25)17-27(37)21-36-13-15-40-16-14-36/h3-12,18-19,27,38H,13-17,20-21H2,1-2H3/t27-/m0/s1. The highest BCUT2D eigenvalue weighted by Crippen LogP contribution is 2.36. The molecule has 1 aromatic heterocycles. The summed E-state index contributed by atoms with van der Waals surface area (Å²) in [5.74, 6) is 0.250. The lowest BCUT2D eigenvalue weighted by Gasteiger charge is -2.40. The van der Waals surface area contributed by atoms with Crippen molar-refractivity contribution in [3.05, 3.63) is 100 Å². The van der Waals surface area contributed by atoms with Gasteiger partial charge in [0.05, 0.1) is 13.2 Å². The van der Waals surface area contributed by atoms with Gasteiger partial charge < -0.3 is 19.3 Å². The van der Waals surface area contributed by atoms with Gasteiger partial charge in [0.25, 0.3) is 5.91 Å². The number of benzene rings is 3. The van der Waals surface area contributed by atoms with Crippen LogP contribution in [0, 0.1) is 6.92 Å². The molecule has 3 aromatic carbocycles. The van der Waals surface area contributed by atoms with Gasteiger partial charge in [-0.05, 0) is 66.4 Å². The average Bonchev–Trinajstić information content (AvgIpc) is 3.27. The largest absolute Gasteiger partial charge is 0.508 e. The third-order valence-electron chi connectivity index (χ3n) is 8.39. The summed E-state index contributed by atoms with van der Waals surface area (Å²) in [5.41, 5.74) is 8.03. The van der Waals surface area contributed by atoms with Crippen LogP contribution >= 0.6 is 11.6 Å². The van der Waals surface area contributed by atoms with Crippen LogP contribution in [0.15, 0.2) is 72.8 Å². The Labute approximate surface area is 240 Å². The van der Waals surface area contributed by atoms with Crippen molar-refractivity contribution in [1.82, 2.24) is 14.4 Å². The molecule has 2 aliphatic heterocycles. The SMILES string of the molecule is Cc1c(-c2ccc(O)cc2)cc(-c2cc(Cl)ccc2C(=O)N2Cc3ccccc3C[C@H]2CN2CCOCC2)n1C. The molecule has 1 atom stereocenters. The maximum absolute atomic E-state index is 14.5. The fourth-order valence-electron chi connectivity index (χ4n) is 6.03. The zero-order valence-electron chi connectivity index (χ0n) is 22.9. The Balaban J connectivity index is 1.39. The topological polar surface area (TPSA) is 57.9 Å². The van der Waals surface area contributed by atoms with Crippen LogP contribution in [0.3, 0.4) is 0 Å². The molecule has 6 rings (SSSR count). The second-order valence-corrected chi connectivity index (χ2v) is 11.2. The molecule has 0 unspecified atom stereocenters. The Hall–Kier alpha value is -3.58. The Morgan fingerprint density at radius 2 is 1.70 bits per heavy atom. The number of phenols is 1. The predicted molar refractivity (Wildman–Crippen MR) is 159 cm³/mol. The molecule has 1 N–H and O–H groups in total. The normalized spacial score (nSPS) is 17.6. The second-order valence-electron chi connectivity index (χ2n) is 10.8. The zero-order valence-corrected chi connectivity index (χ0v) is 23.7. The van der Waals surface area contributed by atoms with Gasteiger partial charge in [0.15, 0.2) is 0 Å². The van der Waals surface area contributed by atoms with Crippen LogP contribution < -0.4 is 0 Å². The molecule has 7 heteroatoms. The van der Waals surface area contributed by atoms with E-state index in [1.165, 1.54) is 11.1 Å². The van der Waals surface area contributed by atoms with Crippen LogP contribution in [0.5, 0.6) is 5.75 Å². The highest BCUT2D eigenvalue weighted by atomic mass is 35.5. The number of hydrogen-bond acceptors (Lipinski definition) is 4. The Morgan fingerprint density at radius 1 is 0.975 bits per heavy atom. The van der Waals surface area contributed by atoms with Crippen molar-refractivity contribution in [2.24, 2.45) is 7.05 Å². The molecule has 0 saturated carbocycles. The quantitative estimate of drug-likeness (QED) is 0.332. The molecule has 2 aliphatic rings.